The van der Waals surface area contributed by atoms with Gasteiger partial charge in [-0.05, 0) is 0 Å². The molecule has 1 fully saturated rings. The molecule has 0 saturated carbocycles. The van der Waals surface area contributed by atoms with E-state index in [-0.39, 0.29) is 12.0 Å². The van der Waals surface area contributed by atoms with Crippen LogP contribution in [0.15, 0.2) is 23.1 Å². The summed E-state index contributed by atoms with van der Waals surface area (Å²) in [5.74, 6) is 0.885. The molecule has 7 heteroatoms. The van der Waals surface area contributed by atoms with Crippen molar-refractivity contribution in [3.05, 3.63) is 24.5 Å². The van der Waals surface area contributed by atoms with E-state index in [0.717, 1.165) is 0 Å². The van der Waals surface area contributed by atoms with Gasteiger partial charge in [-0.1, -0.05) is 5.16 Å². The highest BCUT2D eigenvalue weighted by atomic mass is 16.5. The number of aromatic nitrogens is 4. The normalized spacial score (nSPS) is 24.1. The largest absolute Gasteiger partial charge is 0.379 e. The quantitative estimate of drug-likeness (QED) is 0.777. The Hall–Kier alpha value is -1.86. The third kappa shape index (κ3) is 1.90. The average molecular weight is 233 g/mol. The van der Waals surface area contributed by atoms with Gasteiger partial charge in [-0.2, -0.15) is 4.98 Å². The van der Waals surface area contributed by atoms with Gasteiger partial charge in [-0.3, -0.25) is 4.98 Å². The van der Waals surface area contributed by atoms with Crippen molar-refractivity contribution < 1.29 is 9.26 Å². The molecule has 1 aliphatic heterocycles. The Morgan fingerprint density at radius 1 is 1.29 bits per heavy atom. The Kier molecular flexibility index (Phi) is 2.54. The summed E-state index contributed by atoms with van der Waals surface area (Å²) in [4.78, 5) is 12.3. The fourth-order valence-electron chi connectivity index (χ4n) is 1.73. The number of hydrogen-bond donors (Lipinski definition) is 1. The molecule has 3 rings (SSSR count). The van der Waals surface area contributed by atoms with Gasteiger partial charge in [-0.15, -0.1) is 0 Å². The molecule has 17 heavy (non-hydrogen) atoms. The van der Waals surface area contributed by atoms with Crippen LogP contribution in [0.5, 0.6) is 0 Å². The van der Waals surface area contributed by atoms with Crippen molar-refractivity contribution in [1.29, 1.82) is 0 Å². The van der Waals surface area contributed by atoms with Crippen LogP contribution in [-0.2, 0) is 4.74 Å². The van der Waals surface area contributed by atoms with Gasteiger partial charge in [0.25, 0.3) is 0 Å². The second-order valence-electron chi connectivity index (χ2n) is 3.85. The zero-order chi connectivity index (χ0) is 11.7. The number of hydrogen-bond acceptors (Lipinski definition) is 7. The second kappa shape index (κ2) is 4.19. The molecule has 0 spiro atoms. The van der Waals surface area contributed by atoms with Gasteiger partial charge < -0.3 is 15.0 Å². The Morgan fingerprint density at radius 3 is 2.94 bits per heavy atom. The first kappa shape index (κ1) is 10.3. The van der Waals surface area contributed by atoms with Gasteiger partial charge in [0.1, 0.15) is 5.69 Å². The Labute approximate surface area is 97.0 Å². The summed E-state index contributed by atoms with van der Waals surface area (Å²) in [7, 11) is 0. The number of rotatable bonds is 2. The third-order valence-corrected chi connectivity index (χ3v) is 2.68. The first-order chi connectivity index (χ1) is 8.34. The minimum Gasteiger partial charge on any atom is -0.379 e. The highest BCUT2D eigenvalue weighted by molar-refractivity contribution is 5.45. The van der Waals surface area contributed by atoms with Gasteiger partial charge in [0.15, 0.2) is 0 Å². The minimum absolute atomic E-state index is 0.0343. The first-order valence-electron chi connectivity index (χ1n) is 5.28. The van der Waals surface area contributed by atoms with Crippen LogP contribution in [0.3, 0.4) is 0 Å². The lowest BCUT2D eigenvalue weighted by Gasteiger charge is -2.05. The molecular formula is C10H11N5O2. The summed E-state index contributed by atoms with van der Waals surface area (Å²) in [6.45, 7) is 1.04. The molecule has 2 aromatic rings. The molecule has 88 valence electrons. The first-order valence-corrected chi connectivity index (χ1v) is 5.28. The van der Waals surface area contributed by atoms with E-state index in [1.165, 1.54) is 0 Å². The van der Waals surface area contributed by atoms with Crippen LogP contribution in [0.1, 0.15) is 11.8 Å². The third-order valence-electron chi connectivity index (χ3n) is 2.68. The summed E-state index contributed by atoms with van der Waals surface area (Å²) in [5.41, 5.74) is 6.46. The molecule has 0 radical (unpaired) electrons. The summed E-state index contributed by atoms with van der Waals surface area (Å²) in [6.07, 6.45) is 4.75. The van der Waals surface area contributed by atoms with Crippen molar-refractivity contribution in [2.24, 2.45) is 5.73 Å². The fraction of sp³-hybridized carbons (Fsp3) is 0.400. The van der Waals surface area contributed by atoms with Crippen molar-refractivity contribution in [2.45, 2.75) is 12.0 Å². The van der Waals surface area contributed by atoms with Gasteiger partial charge in [0.2, 0.25) is 11.7 Å². The average Bonchev–Trinajstić information content (AvgIpc) is 2.98. The molecule has 2 unspecified atom stereocenters. The van der Waals surface area contributed by atoms with Crippen molar-refractivity contribution >= 4 is 0 Å². The van der Waals surface area contributed by atoms with Crippen molar-refractivity contribution in [2.75, 3.05) is 13.2 Å². The maximum Gasteiger partial charge on any atom is 0.234 e. The van der Waals surface area contributed by atoms with E-state index >= 15 is 0 Å². The van der Waals surface area contributed by atoms with Crippen LogP contribution >= 0.6 is 0 Å². The van der Waals surface area contributed by atoms with Crippen LogP contribution in [0.2, 0.25) is 0 Å². The van der Waals surface area contributed by atoms with Gasteiger partial charge in [0.05, 0.1) is 25.3 Å². The van der Waals surface area contributed by atoms with Gasteiger partial charge in [-0.25, -0.2) is 4.98 Å². The molecule has 0 amide bonds. The van der Waals surface area contributed by atoms with E-state index in [9.17, 15) is 0 Å². The molecular weight excluding hydrogens is 222 g/mol. The SMILES string of the molecule is NC1COCC1c1nc(-c2cnccn2)no1. The van der Waals surface area contributed by atoms with Gasteiger partial charge >= 0.3 is 0 Å². The molecule has 0 bridgehead atoms. The number of nitrogens with two attached hydrogens (primary N) is 1. The van der Waals surface area contributed by atoms with E-state index in [1.807, 2.05) is 0 Å². The van der Waals surface area contributed by atoms with Crippen LogP contribution in [0, 0.1) is 0 Å². The molecule has 2 atom stereocenters. The molecule has 3 heterocycles. The lowest BCUT2D eigenvalue weighted by atomic mass is 10.1. The summed E-state index contributed by atoms with van der Waals surface area (Å²) in [5, 5.41) is 3.87. The van der Waals surface area contributed by atoms with E-state index in [2.05, 4.69) is 20.1 Å². The molecule has 1 saturated heterocycles. The molecule has 2 aromatic heterocycles. The maximum atomic E-state index is 5.88. The van der Waals surface area contributed by atoms with Crippen LogP contribution in [0.4, 0.5) is 0 Å². The zero-order valence-electron chi connectivity index (χ0n) is 8.98. The van der Waals surface area contributed by atoms with Crippen LogP contribution < -0.4 is 5.73 Å². The highest BCUT2D eigenvalue weighted by Crippen LogP contribution is 2.24. The molecule has 2 N–H and O–H groups in total. The van der Waals surface area contributed by atoms with E-state index in [1.54, 1.807) is 18.6 Å². The van der Waals surface area contributed by atoms with E-state index < -0.39 is 0 Å². The summed E-state index contributed by atoms with van der Waals surface area (Å²) < 4.78 is 10.4. The smallest absolute Gasteiger partial charge is 0.234 e. The van der Waals surface area contributed by atoms with E-state index in [0.29, 0.717) is 30.6 Å². The lowest BCUT2D eigenvalue weighted by Crippen LogP contribution is -2.26. The summed E-state index contributed by atoms with van der Waals surface area (Å²) >= 11 is 0. The van der Waals surface area contributed by atoms with E-state index in [4.69, 9.17) is 15.0 Å². The fourth-order valence-corrected chi connectivity index (χ4v) is 1.73. The molecule has 1 aliphatic rings. The van der Waals surface area contributed by atoms with Crippen molar-refractivity contribution in [1.82, 2.24) is 20.1 Å². The Balaban J connectivity index is 1.88. The predicted octanol–water partition coefficient (Wildman–Crippen LogP) is -0.0323. The van der Waals surface area contributed by atoms with Crippen molar-refractivity contribution in [3.8, 4) is 11.5 Å². The standard InChI is InChI=1S/C10H11N5O2/c11-7-5-16-4-6(7)10-14-9(15-17-10)8-3-12-1-2-13-8/h1-3,6-7H,4-5,11H2. The Morgan fingerprint density at radius 2 is 2.24 bits per heavy atom. The number of nitrogens with zero attached hydrogens (tertiary/aromatic N) is 4. The summed E-state index contributed by atoms with van der Waals surface area (Å²) in [6, 6.07) is -0.0924. The second-order valence-corrected chi connectivity index (χ2v) is 3.85. The van der Waals surface area contributed by atoms with Crippen molar-refractivity contribution in [3.63, 3.8) is 0 Å². The lowest BCUT2D eigenvalue weighted by molar-refractivity contribution is 0.187. The number of ether oxygens (including phenoxy) is 1. The Bertz CT molecular complexity index is 500. The highest BCUT2D eigenvalue weighted by Gasteiger charge is 2.31. The molecule has 0 aromatic carbocycles. The topological polar surface area (TPSA) is 100.0 Å². The minimum atomic E-state index is -0.0924. The molecule has 7 nitrogen and oxygen atoms in total. The van der Waals surface area contributed by atoms with Gasteiger partial charge in [0, 0.05) is 18.4 Å². The predicted molar refractivity (Wildman–Crippen MR) is 56.9 cm³/mol. The maximum absolute atomic E-state index is 5.88. The van der Waals surface area contributed by atoms with Crippen LogP contribution in [0.25, 0.3) is 11.5 Å². The van der Waals surface area contributed by atoms with Crippen LogP contribution in [-0.4, -0.2) is 39.4 Å². The monoisotopic (exact) mass is 233 g/mol. The molecule has 0 aliphatic carbocycles. The zero-order valence-corrected chi connectivity index (χ0v) is 8.98.